The third kappa shape index (κ3) is 5.40. The number of hydrogen-bond donors (Lipinski definition) is 1. The Kier molecular flexibility index (Phi) is 6.17. The number of nitrogens with zero attached hydrogens (tertiary/aromatic N) is 2. The van der Waals surface area contributed by atoms with Crippen LogP contribution in [0.3, 0.4) is 0 Å². The number of nitrogens with one attached hydrogen (secondary N) is 1. The van der Waals surface area contributed by atoms with Gasteiger partial charge in [-0.15, -0.1) is 0 Å². The van der Waals surface area contributed by atoms with Crippen molar-refractivity contribution in [2.75, 3.05) is 19.8 Å². The van der Waals surface area contributed by atoms with E-state index in [4.69, 9.17) is 9.47 Å². The molecule has 0 aliphatic rings. The Bertz CT molecular complexity index is 573. The topological polar surface area (TPSA) is 73.3 Å². The first-order valence-corrected chi connectivity index (χ1v) is 7.14. The molecule has 0 aliphatic heterocycles. The van der Waals surface area contributed by atoms with E-state index in [0.717, 1.165) is 11.3 Å². The Hall–Kier alpha value is -2.63. The fourth-order valence-electron chi connectivity index (χ4n) is 1.80. The highest BCUT2D eigenvalue weighted by Crippen LogP contribution is 2.17. The first-order valence-electron chi connectivity index (χ1n) is 7.14. The van der Waals surface area contributed by atoms with Gasteiger partial charge in [0.15, 0.2) is 6.61 Å². The van der Waals surface area contributed by atoms with Crippen molar-refractivity contribution in [1.29, 1.82) is 0 Å². The van der Waals surface area contributed by atoms with Crippen molar-refractivity contribution in [3.05, 3.63) is 48.5 Å². The molecule has 1 amide bonds. The monoisotopic (exact) mass is 301 g/mol. The average molecular weight is 301 g/mol. The molecule has 0 saturated heterocycles. The zero-order valence-electron chi connectivity index (χ0n) is 12.5. The van der Waals surface area contributed by atoms with Crippen molar-refractivity contribution >= 4 is 5.91 Å². The van der Waals surface area contributed by atoms with Crippen LogP contribution in [0.2, 0.25) is 0 Å². The smallest absolute Gasteiger partial charge is 0.257 e. The van der Waals surface area contributed by atoms with E-state index in [-0.39, 0.29) is 12.5 Å². The number of rotatable bonds is 8. The van der Waals surface area contributed by atoms with Crippen LogP contribution in [-0.4, -0.2) is 35.6 Å². The van der Waals surface area contributed by atoms with Gasteiger partial charge < -0.3 is 14.8 Å². The summed E-state index contributed by atoms with van der Waals surface area (Å²) >= 11 is 0. The molecule has 0 bridgehead atoms. The van der Waals surface area contributed by atoms with Crippen LogP contribution >= 0.6 is 0 Å². The van der Waals surface area contributed by atoms with E-state index >= 15 is 0 Å². The molecule has 2 rings (SSSR count). The molecule has 0 radical (unpaired) electrons. The van der Waals surface area contributed by atoms with Gasteiger partial charge in [-0.25, -0.2) is 9.97 Å². The summed E-state index contributed by atoms with van der Waals surface area (Å²) in [4.78, 5) is 19.5. The van der Waals surface area contributed by atoms with Gasteiger partial charge in [0.25, 0.3) is 5.91 Å². The van der Waals surface area contributed by atoms with Gasteiger partial charge in [0.05, 0.1) is 6.61 Å². The highest BCUT2D eigenvalue weighted by atomic mass is 16.5. The molecule has 1 heterocycles. The first kappa shape index (κ1) is 15.8. The first-order chi connectivity index (χ1) is 10.8. The maximum Gasteiger partial charge on any atom is 0.257 e. The normalized spacial score (nSPS) is 10.0. The number of hydrogen-bond acceptors (Lipinski definition) is 5. The van der Waals surface area contributed by atoms with E-state index in [1.54, 1.807) is 24.5 Å². The van der Waals surface area contributed by atoms with Gasteiger partial charge in [-0.2, -0.15) is 0 Å². The molecule has 6 heteroatoms. The lowest BCUT2D eigenvalue weighted by molar-refractivity contribution is -0.123. The highest BCUT2D eigenvalue weighted by Gasteiger charge is 2.03. The Morgan fingerprint density at radius 1 is 1.09 bits per heavy atom. The molecule has 6 nitrogen and oxygen atoms in total. The molecule has 0 atom stereocenters. The molecule has 2 aromatic rings. The standard InChI is InChI=1S/C16H19N3O3/c1-2-21-14-3-5-15(6-4-14)22-11-16(20)19-8-7-13-9-17-12-18-10-13/h3-6,9-10,12H,2,7-8,11H2,1H3,(H,19,20). The molecule has 1 N–H and O–H groups in total. The van der Waals surface area contributed by atoms with E-state index in [2.05, 4.69) is 15.3 Å². The predicted molar refractivity (Wildman–Crippen MR) is 81.9 cm³/mol. The molecule has 0 unspecified atom stereocenters. The molecule has 0 saturated carbocycles. The minimum atomic E-state index is -0.161. The molecule has 1 aromatic heterocycles. The summed E-state index contributed by atoms with van der Waals surface area (Å²) in [5.41, 5.74) is 0.982. The van der Waals surface area contributed by atoms with Gasteiger partial charge in [-0.3, -0.25) is 4.79 Å². The van der Waals surface area contributed by atoms with Crippen LogP contribution in [0.5, 0.6) is 11.5 Å². The van der Waals surface area contributed by atoms with E-state index in [9.17, 15) is 4.79 Å². The zero-order valence-corrected chi connectivity index (χ0v) is 12.5. The van der Waals surface area contributed by atoms with E-state index < -0.39 is 0 Å². The van der Waals surface area contributed by atoms with Gasteiger partial charge in [0, 0.05) is 18.9 Å². The van der Waals surface area contributed by atoms with E-state index in [0.29, 0.717) is 25.3 Å². The number of ether oxygens (including phenoxy) is 2. The summed E-state index contributed by atoms with van der Waals surface area (Å²) in [6.45, 7) is 3.06. The summed E-state index contributed by atoms with van der Waals surface area (Å²) in [5.74, 6) is 1.25. The Labute approximate surface area is 129 Å². The quantitative estimate of drug-likeness (QED) is 0.802. The number of aromatic nitrogens is 2. The Morgan fingerprint density at radius 2 is 1.73 bits per heavy atom. The average Bonchev–Trinajstić information content (AvgIpc) is 2.55. The third-order valence-electron chi connectivity index (χ3n) is 2.85. The van der Waals surface area contributed by atoms with Crippen LogP contribution < -0.4 is 14.8 Å². The molecule has 1 aromatic carbocycles. The van der Waals surface area contributed by atoms with E-state index in [1.165, 1.54) is 6.33 Å². The van der Waals surface area contributed by atoms with Crippen molar-refractivity contribution in [1.82, 2.24) is 15.3 Å². The summed E-state index contributed by atoms with van der Waals surface area (Å²) in [7, 11) is 0. The lowest BCUT2D eigenvalue weighted by Gasteiger charge is -2.08. The Morgan fingerprint density at radius 3 is 2.36 bits per heavy atom. The number of amides is 1. The molecular weight excluding hydrogens is 282 g/mol. The lowest BCUT2D eigenvalue weighted by atomic mass is 10.2. The maximum absolute atomic E-state index is 11.7. The second kappa shape index (κ2) is 8.61. The van der Waals surface area contributed by atoms with Crippen LogP contribution in [0, 0.1) is 0 Å². The predicted octanol–water partition coefficient (Wildman–Crippen LogP) is 1.61. The zero-order chi connectivity index (χ0) is 15.6. The van der Waals surface area contributed by atoms with Crippen LogP contribution in [0.15, 0.2) is 43.0 Å². The maximum atomic E-state index is 11.7. The van der Waals surface area contributed by atoms with Crippen molar-refractivity contribution in [2.45, 2.75) is 13.3 Å². The van der Waals surface area contributed by atoms with Crippen LogP contribution in [0.1, 0.15) is 12.5 Å². The van der Waals surface area contributed by atoms with Crippen molar-refractivity contribution in [2.24, 2.45) is 0 Å². The van der Waals surface area contributed by atoms with Crippen molar-refractivity contribution in [3.63, 3.8) is 0 Å². The molecule has 0 spiro atoms. The summed E-state index contributed by atoms with van der Waals surface area (Å²) in [6.07, 6.45) is 5.63. The SMILES string of the molecule is CCOc1ccc(OCC(=O)NCCc2cncnc2)cc1. The largest absolute Gasteiger partial charge is 0.494 e. The third-order valence-corrected chi connectivity index (χ3v) is 2.85. The van der Waals surface area contributed by atoms with Gasteiger partial charge in [-0.1, -0.05) is 0 Å². The molecular formula is C16H19N3O3. The minimum Gasteiger partial charge on any atom is -0.494 e. The molecule has 22 heavy (non-hydrogen) atoms. The summed E-state index contributed by atoms with van der Waals surface area (Å²) < 4.78 is 10.7. The highest BCUT2D eigenvalue weighted by molar-refractivity contribution is 5.77. The number of benzene rings is 1. The molecule has 0 fully saturated rings. The second-order valence-corrected chi connectivity index (χ2v) is 4.54. The molecule has 116 valence electrons. The second-order valence-electron chi connectivity index (χ2n) is 4.54. The van der Waals surface area contributed by atoms with Gasteiger partial charge in [-0.05, 0) is 43.2 Å². The Balaban J connectivity index is 1.67. The van der Waals surface area contributed by atoms with Crippen LogP contribution in [0.25, 0.3) is 0 Å². The van der Waals surface area contributed by atoms with Crippen molar-refractivity contribution in [3.8, 4) is 11.5 Å². The lowest BCUT2D eigenvalue weighted by Crippen LogP contribution is -2.30. The minimum absolute atomic E-state index is 0.0146. The van der Waals surface area contributed by atoms with Gasteiger partial charge in [0.1, 0.15) is 17.8 Å². The number of carbonyl (C=O) groups excluding carboxylic acids is 1. The van der Waals surface area contributed by atoms with Gasteiger partial charge >= 0.3 is 0 Å². The van der Waals surface area contributed by atoms with Crippen LogP contribution in [-0.2, 0) is 11.2 Å². The summed E-state index contributed by atoms with van der Waals surface area (Å²) in [5, 5.41) is 2.79. The van der Waals surface area contributed by atoms with Crippen LogP contribution in [0.4, 0.5) is 0 Å². The summed E-state index contributed by atoms with van der Waals surface area (Å²) in [6, 6.07) is 7.18. The van der Waals surface area contributed by atoms with Gasteiger partial charge in [0.2, 0.25) is 0 Å². The van der Waals surface area contributed by atoms with Crippen molar-refractivity contribution < 1.29 is 14.3 Å². The number of carbonyl (C=O) groups is 1. The van der Waals surface area contributed by atoms with E-state index in [1.807, 2.05) is 19.1 Å². The fraction of sp³-hybridized carbons (Fsp3) is 0.312. The molecule has 0 aliphatic carbocycles. The fourth-order valence-corrected chi connectivity index (χ4v) is 1.80.